The number of hydrogen-bond acceptors (Lipinski definition) is 2. The van der Waals surface area contributed by atoms with Crippen molar-refractivity contribution in [2.24, 2.45) is 0 Å². The lowest BCUT2D eigenvalue weighted by molar-refractivity contribution is 0.103. The second-order valence-electron chi connectivity index (χ2n) is 3.95. The zero-order valence-electron chi connectivity index (χ0n) is 9.70. The SMILES string of the molecule is Cc1cc(C(=O)c2ccccc2F)cc(C)n1. The quantitative estimate of drug-likeness (QED) is 0.741. The Morgan fingerprint density at radius 3 is 2.29 bits per heavy atom. The smallest absolute Gasteiger partial charge is 0.196 e. The molecule has 0 saturated heterocycles. The van der Waals surface area contributed by atoms with Crippen LogP contribution in [-0.2, 0) is 0 Å². The van der Waals surface area contributed by atoms with Crippen LogP contribution < -0.4 is 0 Å². The van der Waals surface area contributed by atoms with Gasteiger partial charge in [0.2, 0.25) is 0 Å². The van der Waals surface area contributed by atoms with Gasteiger partial charge in [-0.2, -0.15) is 0 Å². The summed E-state index contributed by atoms with van der Waals surface area (Å²) in [4.78, 5) is 16.3. The topological polar surface area (TPSA) is 30.0 Å². The molecule has 86 valence electrons. The number of hydrogen-bond donors (Lipinski definition) is 0. The van der Waals surface area contributed by atoms with Gasteiger partial charge in [-0.15, -0.1) is 0 Å². The maximum Gasteiger partial charge on any atom is 0.196 e. The molecule has 0 aliphatic heterocycles. The molecule has 2 nitrogen and oxygen atoms in total. The molecule has 1 aromatic heterocycles. The number of rotatable bonds is 2. The van der Waals surface area contributed by atoms with Crippen LogP contribution in [0.4, 0.5) is 4.39 Å². The van der Waals surface area contributed by atoms with Crippen LogP contribution in [0.3, 0.4) is 0 Å². The fourth-order valence-electron chi connectivity index (χ4n) is 1.77. The third-order valence-corrected chi connectivity index (χ3v) is 2.46. The third-order valence-electron chi connectivity index (χ3n) is 2.46. The Bertz CT molecular complexity index is 558. The highest BCUT2D eigenvalue weighted by molar-refractivity contribution is 6.09. The number of ketones is 1. The average Bonchev–Trinajstić information content (AvgIpc) is 2.27. The maximum atomic E-state index is 13.5. The van der Waals surface area contributed by atoms with Gasteiger partial charge in [0.1, 0.15) is 5.82 Å². The lowest BCUT2D eigenvalue weighted by atomic mass is 10.0. The first-order valence-electron chi connectivity index (χ1n) is 5.32. The lowest BCUT2D eigenvalue weighted by Crippen LogP contribution is -2.05. The molecule has 1 heterocycles. The van der Waals surface area contributed by atoms with Crippen LogP contribution in [0.25, 0.3) is 0 Å². The van der Waals surface area contributed by atoms with Gasteiger partial charge in [-0.05, 0) is 38.1 Å². The van der Waals surface area contributed by atoms with Crippen LogP contribution in [0.2, 0.25) is 0 Å². The van der Waals surface area contributed by atoms with E-state index in [9.17, 15) is 9.18 Å². The highest BCUT2D eigenvalue weighted by Gasteiger charge is 2.14. The summed E-state index contributed by atoms with van der Waals surface area (Å²) in [7, 11) is 0. The first kappa shape index (κ1) is 11.5. The fraction of sp³-hybridized carbons (Fsp3) is 0.143. The number of aryl methyl sites for hydroxylation is 2. The number of halogens is 1. The van der Waals surface area contributed by atoms with E-state index < -0.39 is 5.82 Å². The minimum Gasteiger partial charge on any atom is -0.288 e. The Hall–Kier alpha value is -2.03. The first-order valence-corrected chi connectivity index (χ1v) is 5.32. The Balaban J connectivity index is 2.48. The van der Waals surface area contributed by atoms with E-state index in [4.69, 9.17) is 0 Å². The monoisotopic (exact) mass is 229 g/mol. The van der Waals surface area contributed by atoms with Gasteiger partial charge >= 0.3 is 0 Å². The van der Waals surface area contributed by atoms with Gasteiger partial charge < -0.3 is 0 Å². The fourth-order valence-corrected chi connectivity index (χ4v) is 1.77. The minimum atomic E-state index is -0.496. The average molecular weight is 229 g/mol. The summed E-state index contributed by atoms with van der Waals surface area (Å²) in [5, 5.41) is 0. The number of aromatic nitrogens is 1. The summed E-state index contributed by atoms with van der Waals surface area (Å²) in [6.07, 6.45) is 0. The molecule has 3 heteroatoms. The van der Waals surface area contributed by atoms with E-state index >= 15 is 0 Å². The normalized spacial score (nSPS) is 10.3. The molecule has 0 bridgehead atoms. The molecule has 17 heavy (non-hydrogen) atoms. The third kappa shape index (κ3) is 2.38. The van der Waals surface area contributed by atoms with E-state index in [0.29, 0.717) is 5.56 Å². The van der Waals surface area contributed by atoms with Crippen molar-refractivity contribution < 1.29 is 9.18 Å². The molecule has 0 N–H and O–H groups in total. The van der Waals surface area contributed by atoms with Crippen LogP contribution >= 0.6 is 0 Å². The summed E-state index contributed by atoms with van der Waals surface area (Å²) in [5.74, 6) is -0.804. The number of pyridine rings is 1. The van der Waals surface area contributed by atoms with E-state index in [1.54, 1.807) is 24.3 Å². The maximum absolute atomic E-state index is 13.5. The minimum absolute atomic E-state index is 0.0949. The van der Waals surface area contributed by atoms with Crippen LogP contribution in [-0.4, -0.2) is 10.8 Å². The van der Waals surface area contributed by atoms with Gasteiger partial charge in [-0.3, -0.25) is 9.78 Å². The summed E-state index contributed by atoms with van der Waals surface area (Å²) in [6.45, 7) is 3.62. The molecule has 0 aliphatic carbocycles. The predicted octanol–water partition coefficient (Wildman–Crippen LogP) is 3.07. The van der Waals surface area contributed by atoms with Gasteiger partial charge in [0, 0.05) is 17.0 Å². The van der Waals surface area contributed by atoms with Crippen molar-refractivity contribution in [3.8, 4) is 0 Å². The number of carbonyl (C=O) groups is 1. The van der Waals surface area contributed by atoms with E-state index in [1.807, 2.05) is 13.8 Å². The highest BCUT2D eigenvalue weighted by Crippen LogP contribution is 2.14. The van der Waals surface area contributed by atoms with Crippen LogP contribution in [0.1, 0.15) is 27.3 Å². The van der Waals surface area contributed by atoms with Gasteiger partial charge in [0.25, 0.3) is 0 Å². The van der Waals surface area contributed by atoms with Gasteiger partial charge in [-0.1, -0.05) is 12.1 Å². The Labute approximate surface area is 99.1 Å². The molecular weight excluding hydrogens is 217 g/mol. The van der Waals surface area contributed by atoms with Crippen molar-refractivity contribution in [2.75, 3.05) is 0 Å². The van der Waals surface area contributed by atoms with Crippen molar-refractivity contribution >= 4 is 5.78 Å². The Morgan fingerprint density at radius 1 is 1.12 bits per heavy atom. The number of benzene rings is 1. The summed E-state index contributed by atoms with van der Waals surface area (Å²) < 4.78 is 13.5. The van der Waals surface area contributed by atoms with E-state index in [-0.39, 0.29) is 11.3 Å². The van der Waals surface area contributed by atoms with Gasteiger partial charge in [0.15, 0.2) is 5.78 Å². The molecule has 0 atom stereocenters. The zero-order valence-corrected chi connectivity index (χ0v) is 9.70. The van der Waals surface area contributed by atoms with Crippen molar-refractivity contribution in [1.29, 1.82) is 0 Å². The van der Waals surface area contributed by atoms with Gasteiger partial charge in [0.05, 0.1) is 5.56 Å². The molecule has 1 aromatic carbocycles. The molecule has 0 amide bonds. The zero-order chi connectivity index (χ0) is 12.4. The molecule has 0 saturated carbocycles. The second-order valence-corrected chi connectivity index (χ2v) is 3.95. The van der Waals surface area contributed by atoms with Crippen LogP contribution in [0.5, 0.6) is 0 Å². The second kappa shape index (κ2) is 4.45. The van der Waals surface area contributed by atoms with Crippen LogP contribution in [0, 0.1) is 19.7 Å². The largest absolute Gasteiger partial charge is 0.288 e. The number of nitrogens with zero attached hydrogens (tertiary/aromatic N) is 1. The van der Waals surface area contributed by atoms with Crippen molar-refractivity contribution in [3.05, 3.63) is 64.7 Å². The molecular formula is C14H12FNO. The summed E-state index contributed by atoms with van der Waals surface area (Å²) in [5.41, 5.74) is 2.08. The van der Waals surface area contributed by atoms with Crippen molar-refractivity contribution in [1.82, 2.24) is 4.98 Å². The predicted molar refractivity (Wildman–Crippen MR) is 63.5 cm³/mol. The van der Waals surface area contributed by atoms with Crippen molar-refractivity contribution in [3.63, 3.8) is 0 Å². The van der Waals surface area contributed by atoms with Crippen molar-refractivity contribution in [2.45, 2.75) is 13.8 Å². The summed E-state index contributed by atoms with van der Waals surface area (Å²) in [6, 6.07) is 9.33. The molecule has 2 aromatic rings. The highest BCUT2D eigenvalue weighted by atomic mass is 19.1. The molecule has 0 unspecified atom stereocenters. The molecule has 0 spiro atoms. The number of carbonyl (C=O) groups excluding carboxylic acids is 1. The molecule has 0 fully saturated rings. The summed E-state index contributed by atoms with van der Waals surface area (Å²) >= 11 is 0. The molecule has 2 rings (SSSR count). The van der Waals surface area contributed by atoms with Crippen LogP contribution in [0.15, 0.2) is 36.4 Å². The Kier molecular flexibility index (Phi) is 3.00. The first-order chi connectivity index (χ1) is 8.08. The van der Waals surface area contributed by atoms with Gasteiger partial charge in [-0.25, -0.2) is 4.39 Å². The lowest BCUT2D eigenvalue weighted by Gasteiger charge is -2.04. The van der Waals surface area contributed by atoms with E-state index in [1.165, 1.54) is 12.1 Å². The molecule has 0 aliphatic rings. The Morgan fingerprint density at radius 2 is 1.71 bits per heavy atom. The molecule has 0 radical (unpaired) electrons. The standard InChI is InChI=1S/C14H12FNO/c1-9-7-11(8-10(2)16-9)14(17)12-5-3-4-6-13(12)15/h3-8H,1-2H3. The van der Waals surface area contributed by atoms with E-state index in [2.05, 4.69) is 4.98 Å². The van der Waals surface area contributed by atoms with E-state index in [0.717, 1.165) is 11.4 Å².